The Labute approximate surface area is 144 Å². The first-order valence-corrected chi connectivity index (χ1v) is 8.19. The zero-order chi connectivity index (χ0) is 18.0. The van der Waals surface area contributed by atoms with Crippen LogP contribution in [0.1, 0.15) is 18.2 Å². The van der Waals surface area contributed by atoms with Crippen LogP contribution >= 0.6 is 0 Å². The Morgan fingerprint density at radius 3 is 2.56 bits per heavy atom. The van der Waals surface area contributed by atoms with Crippen LogP contribution in [0.2, 0.25) is 0 Å². The van der Waals surface area contributed by atoms with Gasteiger partial charge in [-0.25, -0.2) is 9.38 Å². The average molecular weight is 343 g/mol. The second kappa shape index (κ2) is 7.06. The van der Waals surface area contributed by atoms with Crippen LogP contribution < -0.4 is 5.56 Å². The highest BCUT2D eigenvalue weighted by Gasteiger charge is 2.15. The summed E-state index contributed by atoms with van der Waals surface area (Å²) in [7, 11) is 0. The van der Waals surface area contributed by atoms with E-state index in [4.69, 9.17) is 9.47 Å². The predicted octanol–water partition coefficient (Wildman–Crippen LogP) is 1.85. The molecule has 0 N–H and O–H groups in total. The molecule has 0 amide bonds. The Balaban J connectivity index is 1.91. The molecule has 0 atom stereocenters. The molecule has 0 spiro atoms. The highest BCUT2D eigenvalue weighted by Crippen LogP contribution is 2.19. The molecule has 3 rings (SSSR count). The van der Waals surface area contributed by atoms with Crippen LogP contribution in [0.5, 0.6) is 0 Å². The summed E-state index contributed by atoms with van der Waals surface area (Å²) in [6.07, 6.45) is 0. The highest BCUT2D eigenvalue weighted by molar-refractivity contribution is 5.80. The molecule has 7 heteroatoms. The van der Waals surface area contributed by atoms with Gasteiger partial charge in [-0.2, -0.15) is 0 Å². The van der Waals surface area contributed by atoms with E-state index in [1.165, 1.54) is 6.92 Å². The van der Waals surface area contributed by atoms with Crippen LogP contribution in [0.15, 0.2) is 29.1 Å². The monoisotopic (exact) mass is 343 g/mol. The van der Waals surface area contributed by atoms with Gasteiger partial charge in [-0.1, -0.05) is 12.1 Å². The molecular weight excluding hydrogens is 322 g/mol. The minimum atomic E-state index is -0.319. The Bertz CT molecular complexity index is 987. The number of esters is 1. The molecule has 7 nitrogen and oxygen atoms in total. The Morgan fingerprint density at radius 1 is 1.12 bits per heavy atom. The fourth-order valence-corrected chi connectivity index (χ4v) is 2.81. The van der Waals surface area contributed by atoms with Crippen LogP contribution in [-0.2, 0) is 20.8 Å². The number of para-hydroxylation sites is 2. The van der Waals surface area contributed by atoms with Gasteiger partial charge in [0.2, 0.25) is 5.78 Å². The summed E-state index contributed by atoms with van der Waals surface area (Å²) in [5.41, 5.74) is 3.09. The number of benzene rings is 1. The lowest BCUT2D eigenvalue weighted by Crippen LogP contribution is -2.20. The number of rotatable bonds is 6. The first-order chi connectivity index (χ1) is 12.0. The lowest BCUT2D eigenvalue weighted by molar-refractivity contribution is -0.142. The van der Waals surface area contributed by atoms with Gasteiger partial charge in [0.1, 0.15) is 6.61 Å². The molecule has 0 saturated heterocycles. The van der Waals surface area contributed by atoms with Crippen LogP contribution in [0.3, 0.4) is 0 Å². The van der Waals surface area contributed by atoms with E-state index < -0.39 is 0 Å². The molecule has 2 aromatic heterocycles. The van der Waals surface area contributed by atoms with Crippen molar-refractivity contribution in [2.45, 2.75) is 27.3 Å². The third-order valence-corrected chi connectivity index (χ3v) is 4.18. The lowest BCUT2D eigenvalue weighted by Gasteiger charge is -2.08. The zero-order valence-electron chi connectivity index (χ0n) is 14.6. The first-order valence-electron chi connectivity index (χ1n) is 8.19. The van der Waals surface area contributed by atoms with Gasteiger partial charge >= 0.3 is 5.97 Å². The lowest BCUT2D eigenvalue weighted by atomic mass is 10.2. The van der Waals surface area contributed by atoms with Crippen molar-refractivity contribution in [2.24, 2.45) is 0 Å². The number of hydrogen-bond acceptors (Lipinski definition) is 5. The number of hydrogen-bond donors (Lipinski definition) is 0. The van der Waals surface area contributed by atoms with E-state index in [0.29, 0.717) is 31.1 Å². The van der Waals surface area contributed by atoms with Crippen molar-refractivity contribution in [1.29, 1.82) is 0 Å². The highest BCUT2D eigenvalue weighted by atomic mass is 16.6. The van der Waals surface area contributed by atoms with E-state index >= 15 is 0 Å². The summed E-state index contributed by atoms with van der Waals surface area (Å²) in [5, 5.41) is 0. The van der Waals surface area contributed by atoms with E-state index in [-0.39, 0.29) is 18.1 Å². The molecule has 132 valence electrons. The molecule has 0 fully saturated rings. The van der Waals surface area contributed by atoms with Crippen LogP contribution in [0.4, 0.5) is 0 Å². The summed E-state index contributed by atoms with van der Waals surface area (Å²) in [6.45, 7) is 6.55. The second-order valence-corrected chi connectivity index (χ2v) is 5.86. The zero-order valence-corrected chi connectivity index (χ0v) is 14.6. The summed E-state index contributed by atoms with van der Waals surface area (Å²) >= 11 is 0. The van der Waals surface area contributed by atoms with Crippen molar-refractivity contribution in [3.8, 4) is 0 Å². The van der Waals surface area contributed by atoms with E-state index in [1.807, 2.05) is 35.8 Å². The van der Waals surface area contributed by atoms with Gasteiger partial charge in [0.05, 0.1) is 24.2 Å². The smallest absolute Gasteiger partial charge is 0.302 e. The van der Waals surface area contributed by atoms with E-state index in [1.54, 1.807) is 11.3 Å². The molecule has 0 aliphatic carbocycles. The van der Waals surface area contributed by atoms with E-state index in [9.17, 15) is 9.59 Å². The van der Waals surface area contributed by atoms with Gasteiger partial charge in [0, 0.05) is 24.7 Å². The third-order valence-electron chi connectivity index (χ3n) is 4.18. The van der Waals surface area contributed by atoms with Crippen molar-refractivity contribution in [3.05, 3.63) is 45.9 Å². The molecule has 0 aliphatic heterocycles. The molecule has 0 saturated carbocycles. The fourth-order valence-electron chi connectivity index (χ4n) is 2.81. The summed E-state index contributed by atoms with van der Waals surface area (Å²) in [4.78, 5) is 28.0. The standard InChI is InChI=1S/C18H21N3O4/c1-12-13(2)19-18-20(8-9-24-10-11-25-14(3)22)15-6-4-5-7-16(15)21(18)17(12)23/h4-7H,8-11H2,1-3H3. The third kappa shape index (κ3) is 3.28. The first kappa shape index (κ1) is 17.2. The van der Waals surface area contributed by atoms with Gasteiger partial charge in [-0.15, -0.1) is 0 Å². The quantitative estimate of drug-likeness (QED) is 0.504. The number of nitrogens with zero attached hydrogens (tertiary/aromatic N) is 3. The van der Waals surface area contributed by atoms with E-state index in [2.05, 4.69) is 4.98 Å². The minimum Gasteiger partial charge on any atom is -0.463 e. The molecule has 0 bridgehead atoms. The molecule has 0 aliphatic rings. The number of aromatic nitrogens is 3. The number of carbonyl (C=O) groups excluding carboxylic acids is 1. The molecule has 1 aromatic carbocycles. The van der Waals surface area contributed by atoms with Crippen LogP contribution in [0.25, 0.3) is 16.8 Å². The van der Waals surface area contributed by atoms with Crippen molar-refractivity contribution in [1.82, 2.24) is 14.0 Å². The van der Waals surface area contributed by atoms with Gasteiger partial charge in [0.15, 0.2) is 0 Å². The second-order valence-electron chi connectivity index (χ2n) is 5.86. The van der Waals surface area contributed by atoms with Crippen LogP contribution in [0, 0.1) is 13.8 Å². The van der Waals surface area contributed by atoms with E-state index in [0.717, 1.165) is 16.7 Å². The summed E-state index contributed by atoms with van der Waals surface area (Å²) in [5.74, 6) is 0.290. The fraction of sp³-hybridized carbons (Fsp3) is 0.389. The van der Waals surface area contributed by atoms with Crippen molar-refractivity contribution in [2.75, 3.05) is 19.8 Å². The average Bonchev–Trinajstić information content (AvgIpc) is 2.89. The molecule has 0 radical (unpaired) electrons. The Hall–Kier alpha value is -2.67. The van der Waals surface area contributed by atoms with Crippen LogP contribution in [-0.4, -0.2) is 39.7 Å². The maximum Gasteiger partial charge on any atom is 0.302 e. The number of carbonyl (C=O) groups is 1. The topological polar surface area (TPSA) is 74.8 Å². The predicted molar refractivity (Wildman–Crippen MR) is 93.9 cm³/mol. The number of aryl methyl sites for hydroxylation is 1. The molecular formula is C18H21N3O4. The maximum atomic E-state index is 12.7. The van der Waals surface area contributed by atoms with Gasteiger partial charge in [0.25, 0.3) is 5.56 Å². The normalized spacial score (nSPS) is 11.3. The maximum absolute atomic E-state index is 12.7. The summed E-state index contributed by atoms with van der Waals surface area (Å²) < 4.78 is 14.0. The SMILES string of the molecule is CC(=O)OCCOCCn1c2ccccc2n2c(=O)c(C)c(C)nc12. The minimum absolute atomic E-state index is 0.0479. The number of ether oxygens (including phenoxy) is 2. The Kier molecular flexibility index (Phi) is 4.85. The summed E-state index contributed by atoms with van der Waals surface area (Å²) in [6, 6.07) is 7.72. The van der Waals surface area contributed by atoms with Crippen molar-refractivity contribution >= 4 is 22.8 Å². The number of imidazole rings is 1. The van der Waals surface area contributed by atoms with Gasteiger partial charge in [-0.05, 0) is 26.0 Å². The van der Waals surface area contributed by atoms with Crippen molar-refractivity contribution < 1.29 is 14.3 Å². The van der Waals surface area contributed by atoms with Crippen molar-refractivity contribution in [3.63, 3.8) is 0 Å². The van der Waals surface area contributed by atoms with Gasteiger partial charge in [-0.3, -0.25) is 9.59 Å². The molecule has 2 heterocycles. The van der Waals surface area contributed by atoms with Gasteiger partial charge < -0.3 is 14.0 Å². The molecule has 25 heavy (non-hydrogen) atoms. The molecule has 3 aromatic rings. The molecule has 0 unspecified atom stereocenters. The largest absolute Gasteiger partial charge is 0.463 e. The number of fused-ring (bicyclic) bond motifs is 3. The Morgan fingerprint density at radius 2 is 1.84 bits per heavy atom.